The maximum Gasteiger partial charge on any atom is 0.262 e. The van der Waals surface area contributed by atoms with Crippen molar-refractivity contribution in [3.05, 3.63) is 129 Å². The molecule has 1 N–H and O–H groups in total. The van der Waals surface area contributed by atoms with Crippen molar-refractivity contribution in [2.75, 3.05) is 0 Å². The van der Waals surface area contributed by atoms with Gasteiger partial charge in [0, 0.05) is 22.7 Å². The summed E-state index contributed by atoms with van der Waals surface area (Å²) in [7, 11) is -3.95. The number of amides is 1. The maximum atomic E-state index is 13.6. The molecule has 7 nitrogen and oxygen atoms in total. The molecule has 10 heteroatoms. The standard InChI is InChI=1S/C30H25Cl2N3O4S/c1-21(23-5-3-2-4-6-23)34-30(36)24(18-33)17-27-13-14-28(39-27)20-35(19-22-7-9-25(31)10-8-22)40(37,38)29-15-11-26(32)12-16-29/h2-17,21H,19-20H2,1H3,(H,34,36)/b24-17-/t21-/m0/s1. The number of furan rings is 1. The van der Waals surface area contributed by atoms with E-state index in [0.29, 0.717) is 15.8 Å². The second-order valence-corrected chi connectivity index (χ2v) is 11.7. The molecule has 1 heterocycles. The normalized spacial score (nSPS) is 12.6. The van der Waals surface area contributed by atoms with Gasteiger partial charge in [0.2, 0.25) is 10.0 Å². The zero-order valence-corrected chi connectivity index (χ0v) is 23.7. The van der Waals surface area contributed by atoms with E-state index >= 15 is 0 Å². The lowest BCUT2D eigenvalue weighted by atomic mass is 10.1. The first-order chi connectivity index (χ1) is 19.2. The summed E-state index contributed by atoms with van der Waals surface area (Å²) in [6, 6.07) is 26.9. The quantitative estimate of drug-likeness (QED) is 0.161. The van der Waals surface area contributed by atoms with Crippen molar-refractivity contribution in [3.63, 3.8) is 0 Å². The van der Waals surface area contributed by atoms with Crippen molar-refractivity contribution >= 4 is 45.2 Å². The molecule has 1 atom stereocenters. The molecule has 0 spiro atoms. The van der Waals surface area contributed by atoms with E-state index in [1.807, 2.05) is 43.3 Å². The van der Waals surface area contributed by atoms with Crippen molar-refractivity contribution in [2.45, 2.75) is 31.0 Å². The van der Waals surface area contributed by atoms with Crippen LogP contribution in [0.4, 0.5) is 0 Å². The molecular weight excluding hydrogens is 569 g/mol. The van der Waals surface area contributed by atoms with Crippen LogP contribution in [0.3, 0.4) is 0 Å². The van der Waals surface area contributed by atoms with Crippen LogP contribution in [0.25, 0.3) is 6.08 Å². The van der Waals surface area contributed by atoms with Crippen LogP contribution in [-0.4, -0.2) is 18.6 Å². The fourth-order valence-electron chi connectivity index (χ4n) is 3.90. The van der Waals surface area contributed by atoms with Crippen LogP contribution in [0.15, 0.2) is 106 Å². The third-order valence-electron chi connectivity index (χ3n) is 6.04. The Morgan fingerprint density at radius 1 is 0.950 bits per heavy atom. The Labute approximate surface area is 243 Å². The van der Waals surface area contributed by atoms with Crippen LogP contribution in [0.2, 0.25) is 10.0 Å². The molecule has 0 aliphatic rings. The predicted octanol–water partition coefficient (Wildman–Crippen LogP) is 6.76. The molecule has 1 amide bonds. The van der Waals surface area contributed by atoms with E-state index in [9.17, 15) is 18.5 Å². The lowest BCUT2D eigenvalue weighted by Gasteiger charge is -2.21. The van der Waals surface area contributed by atoms with Gasteiger partial charge < -0.3 is 9.73 Å². The molecular formula is C30H25Cl2N3O4S. The fourth-order valence-corrected chi connectivity index (χ4v) is 5.54. The highest BCUT2D eigenvalue weighted by molar-refractivity contribution is 7.89. The molecule has 4 rings (SSSR count). The molecule has 0 unspecified atom stereocenters. The van der Waals surface area contributed by atoms with Crippen LogP contribution in [0, 0.1) is 11.3 Å². The molecule has 0 saturated carbocycles. The van der Waals surface area contributed by atoms with Gasteiger partial charge in [-0.1, -0.05) is 65.7 Å². The van der Waals surface area contributed by atoms with E-state index in [-0.39, 0.29) is 35.4 Å². The topological polar surface area (TPSA) is 103 Å². The zero-order valence-electron chi connectivity index (χ0n) is 21.4. The Kier molecular flexibility index (Phi) is 9.46. The average Bonchev–Trinajstić information content (AvgIpc) is 3.40. The summed E-state index contributed by atoms with van der Waals surface area (Å²) in [5.41, 5.74) is 1.48. The van der Waals surface area contributed by atoms with Crippen LogP contribution in [0.1, 0.15) is 35.6 Å². The molecule has 40 heavy (non-hydrogen) atoms. The van der Waals surface area contributed by atoms with Gasteiger partial charge in [-0.15, -0.1) is 0 Å². The smallest absolute Gasteiger partial charge is 0.262 e. The van der Waals surface area contributed by atoms with Crippen LogP contribution in [-0.2, 0) is 27.9 Å². The monoisotopic (exact) mass is 593 g/mol. The summed E-state index contributed by atoms with van der Waals surface area (Å²) in [4.78, 5) is 12.8. The molecule has 204 valence electrons. The number of hydrogen-bond acceptors (Lipinski definition) is 5. The minimum absolute atomic E-state index is 0.0528. The maximum absolute atomic E-state index is 13.6. The molecule has 0 bridgehead atoms. The highest BCUT2D eigenvalue weighted by atomic mass is 35.5. The number of nitrogens with zero attached hydrogens (tertiary/aromatic N) is 2. The van der Waals surface area contributed by atoms with E-state index in [0.717, 1.165) is 11.1 Å². The fraction of sp³-hybridized carbons (Fsp3) is 0.133. The largest absolute Gasteiger partial charge is 0.460 e. The van der Waals surface area contributed by atoms with Crippen molar-refractivity contribution in [1.82, 2.24) is 9.62 Å². The minimum atomic E-state index is -3.95. The summed E-state index contributed by atoms with van der Waals surface area (Å²) >= 11 is 12.0. The van der Waals surface area contributed by atoms with Gasteiger partial charge >= 0.3 is 0 Å². The summed E-state index contributed by atoms with van der Waals surface area (Å²) in [5.74, 6) is 0.0176. The number of nitrogens with one attached hydrogen (secondary N) is 1. The van der Waals surface area contributed by atoms with Gasteiger partial charge in [-0.25, -0.2) is 8.42 Å². The first kappa shape index (κ1) is 29.1. The molecule has 0 aliphatic carbocycles. The third-order valence-corrected chi connectivity index (χ3v) is 8.35. The van der Waals surface area contributed by atoms with E-state index in [1.165, 1.54) is 34.6 Å². The van der Waals surface area contributed by atoms with Gasteiger partial charge in [0.15, 0.2) is 0 Å². The highest BCUT2D eigenvalue weighted by Crippen LogP contribution is 2.25. The van der Waals surface area contributed by atoms with Crippen LogP contribution < -0.4 is 5.32 Å². The zero-order chi connectivity index (χ0) is 28.7. The molecule has 0 fully saturated rings. The molecule has 0 aliphatic heterocycles. The number of rotatable bonds is 10. The van der Waals surface area contributed by atoms with Crippen molar-refractivity contribution < 1.29 is 17.6 Å². The SMILES string of the molecule is C[C@H](NC(=O)/C(C#N)=C\c1ccc(CN(Cc2ccc(Cl)cc2)S(=O)(=O)c2ccc(Cl)cc2)o1)c1ccccc1. The second kappa shape index (κ2) is 13.0. The number of hydrogen-bond donors (Lipinski definition) is 1. The first-order valence-corrected chi connectivity index (χ1v) is 14.4. The third kappa shape index (κ3) is 7.40. The minimum Gasteiger partial charge on any atom is -0.460 e. The van der Waals surface area contributed by atoms with Gasteiger partial charge in [0.25, 0.3) is 5.91 Å². The summed E-state index contributed by atoms with van der Waals surface area (Å²) in [6.07, 6.45) is 1.33. The average molecular weight is 595 g/mol. The van der Waals surface area contributed by atoms with E-state index in [1.54, 1.807) is 36.4 Å². The van der Waals surface area contributed by atoms with Gasteiger partial charge in [-0.05, 0) is 66.6 Å². The van der Waals surface area contributed by atoms with Gasteiger partial charge in [0.05, 0.1) is 17.5 Å². The van der Waals surface area contributed by atoms with Crippen molar-refractivity contribution in [3.8, 4) is 6.07 Å². The van der Waals surface area contributed by atoms with E-state index in [2.05, 4.69) is 5.32 Å². The summed E-state index contributed by atoms with van der Waals surface area (Å²) < 4.78 is 34.2. The summed E-state index contributed by atoms with van der Waals surface area (Å²) in [6.45, 7) is 1.78. The lowest BCUT2D eigenvalue weighted by Crippen LogP contribution is -2.30. The van der Waals surface area contributed by atoms with Gasteiger partial charge in [-0.3, -0.25) is 4.79 Å². The number of benzene rings is 3. The Balaban J connectivity index is 1.56. The van der Waals surface area contributed by atoms with Crippen LogP contribution in [0.5, 0.6) is 0 Å². The number of carbonyl (C=O) groups excluding carboxylic acids is 1. The molecule has 4 aromatic rings. The molecule has 3 aromatic carbocycles. The molecule has 1 aromatic heterocycles. The highest BCUT2D eigenvalue weighted by Gasteiger charge is 2.26. The first-order valence-electron chi connectivity index (χ1n) is 12.2. The van der Waals surface area contributed by atoms with E-state index < -0.39 is 15.9 Å². The van der Waals surface area contributed by atoms with Gasteiger partial charge in [0.1, 0.15) is 23.2 Å². The Hall–Kier alpha value is -3.87. The lowest BCUT2D eigenvalue weighted by molar-refractivity contribution is -0.117. The molecule has 0 radical (unpaired) electrons. The van der Waals surface area contributed by atoms with Gasteiger partial charge in [-0.2, -0.15) is 9.57 Å². The number of nitriles is 1. The number of sulfonamides is 1. The Morgan fingerprint density at radius 3 is 2.20 bits per heavy atom. The molecule has 0 saturated heterocycles. The predicted molar refractivity (Wildman–Crippen MR) is 155 cm³/mol. The second-order valence-electron chi connectivity index (χ2n) is 8.93. The van der Waals surface area contributed by atoms with Crippen molar-refractivity contribution in [2.24, 2.45) is 0 Å². The Bertz CT molecular complexity index is 1640. The van der Waals surface area contributed by atoms with Crippen molar-refractivity contribution in [1.29, 1.82) is 5.26 Å². The number of carbonyl (C=O) groups is 1. The Morgan fingerprint density at radius 2 is 1.57 bits per heavy atom. The van der Waals surface area contributed by atoms with E-state index in [4.69, 9.17) is 27.6 Å². The van der Waals surface area contributed by atoms with Crippen LogP contribution >= 0.6 is 23.2 Å². The summed E-state index contributed by atoms with van der Waals surface area (Å²) in [5, 5.41) is 13.4. The number of halogens is 2.